The first-order valence-corrected chi connectivity index (χ1v) is 5.13. The Balaban J connectivity index is 2.34. The van der Waals surface area contributed by atoms with Gasteiger partial charge in [-0.25, -0.2) is 4.79 Å². The number of aliphatic hydroxyl groups is 1. The molecule has 0 radical (unpaired) electrons. The van der Waals surface area contributed by atoms with Crippen LogP contribution < -0.4 is 11.4 Å². The summed E-state index contributed by atoms with van der Waals surface area (Å²) in [5, 5.41) is 9.01. The van der Waals surface area contributed by atoms with Crippen LogP contribution in [-0.4, -0.2) is 34.0 Å². The molecule has 2 rings (SSSR count). The molecule has 6 heteroatoms. The van der Waals surface area contributed by atoms with E-state index in [9.17, 15) is 4.79 Å². The molecule has 16 heavy (non-hydrogen) atoms. The zero-order valence-electron chi connectivity index (χ0n) is 9.09. The Bertz CT molecular complexity index is 445. The van der Waals surface area contributed by atoms with Crippen molar-refractivity contribution in [3.8, 4) is 0 Å². The van der Waals surface area contributed by atoms with Gasteiger partial charge in [-0.2, -0.15) is 4.98 Å². The molecule has 0 aliphatic carbocycles. The van der Waals surface area contributed by atoms with E-state index in [1.54, 1.807) is 12.3 Å². The first-order chi connectivity index (χ1) is 7.55. The van der Waals surface area contributed by atoms with E-state index < -0.39 is 5.54 Å². The van der Waals surface area contributed by atoms with Crippen molar-refractivity contribution in [1.29, 1.82) is 0 Å². The molecule has 1 saturated heterocycles. The van der Waals surface area contributed by atoms with Gasteiger partial charge in [0.05, 0.1) is 24.9 Å². The van der Waals surface area contributed by atoms with E-state index in [0.29, 0.717) is 13.0 Å². The average molecular weight is 225 g/mol. The van der Waals surface area contributed by atoms with Gasteiger partial charge < -0.3 is 15.6 Å². The number of rotatable bonds is 2. The van der Waals surface area contributed by atoms with Crippen LogP contribution in [0.5, 0.6) is 0 Å². The minimum atomic E-state index is -0.453. The normalized spacial score (nSPS) is 29.5. The number of aliphatic hydroxyl groups excluding tert-OH is 1. The molecule has 0 bridgehead atoms. The number of aromatic nitrogens is 2. The smallest absolute Gasteiger partial charge is 0.350 e. The summed E-state index contributed by atoms with van der Waals surface area (Å²) >= 11 is 0. The Morgan fingerprint density at radius 1 is 1.81 bits per heavy atom. The summed E-state index contributed by atoms with van der Waals surface area (Å²) in [4.78, 5) is 15.4. The topological polar surface area (TPSA) is 90.4 Å². The SMILES string of the molecule is C[C@@]1(n2ccc(N)nc2=O)CO[C@H](CO)C1. The Labute approximate surface area is 92.7 Å². The number of anilines is 1. The summed E-state index contributed by atoms with van der Waals surface area (Å²) in [5.74, 6) is 0.211. The molecule has 6 nitrogen and oxygen atoms in total. The van der Waals surface area contributed by atoms with Crippen LogP contribution in [-0.2, 0) is 10.3 Å². The highest BCUT2D eigenvalue weighted by molar-refractivity contribution is 5.24. The number of hydrogen-bond acceptors (Lipinski definition) is 5. The Morgan fingerprint density at radius 3 is 3.12 bits per heavy atom. The summed E-state index contributed by atoms with van der Waals surface area (Å²) in [5.41, 5.74) is 4.59. The van der Waals surface area contributed by atoms with Crippen LogP contribution in [0.4, 0.5) is 5.82 Å². The van der Waals surface area contributed by atoms with Gasteiger partial charge >= 0.3 is 5.69 Å². The van der Waals surface area contributed by atoms with Gasteiger partial charge in [-0.1, -0.05) is 0 Å². The highest BCUT2D eigenvalue weighted by atomic mass is 16.5. The molecule has 1 aromatic heterocycles. The lowest BCUT2D eigenvalue weighted by Crippen LogP contribution is -2.40. The van der Waals surface area contributed by atoms with Crippen LogP contribution in [0.15, 0.2) is 17.1 Å². The van der Waals surface area contributed by atoms with E-state index in [0.717, 1.165) is 0 Å². The molecular weight excluding hydrogens is 210 g/mol. The molecule has 1 fully saturated rings. The Hall–Kier alpha value is -1.40. The number of nitrogens with two attached hydrogens (primary N) is 1. The molecule has 2 atom stereocenters. The maximum absolute atomic E-state index is 11.7. The Morgan fingerprint density at radius 2 is 2.56 bits per heavy atom. The fourth-order valence-corrected chi connectivity index (χ4v) is 2.02. The van der Waals surface area contributed by atoms with Crippen molar-refractivity contribution in [2.24, 2.45) is 0 Å². The maximum Gasteiger partial charge on any atom is 0.350 e. The maximum atomic E-state index is 11.7. The fourth-order valence-electron chi connectivity index (χ4n) is 2.02. The van der Waals surface area contributed by atoms with Crippen molar-refractivity contribution >= 4 is 5.82 Å². The second kappa shape index (κ2) is 3.88. The van der Waals surface area contributed by atoms with Gasteiger partial charge in [-0.05, 0) is 13.0 Å². The van der Waals surface area contributed by atoms with E-state index >= 15 is 0 Å². The highest BCUT2D eigenvalue weighted by Gasteiger charge is 2.38. The van der Waals surface area contributed by atoms with Crippen molar-refractivity contribution in [3.05, 3.63) is 22.7 Å². The molecule has 0 saturated carbocycles. The average Bonchev–Trinajstić information content (AvgIpc) is 2.61. The third kappa shape index (κ3) is 1.81. The molecule has 0 aromatic carbocycles. The molecule has 0 amide bonds. The summed E-state index contributed by atoms with van der Waals surface area (Å²) in [6.07, 6.45) is 2.00. The third-order valence-electron chi connectivity index (χ3n) is 2.91. The lowest BCUT2D eigenvalue weighted by atomic mass is 9.98. The van der Waals surface area contributed by atoms with Crippen molar-refractivity contribution < 1.29 is 9.84 Å². The lowest BCUT2D eigenvalue weighted by Gasteiger charge is -2.24. The van der Waals surface area contributed by atoms with E-state index in [1.807, 2.05) is 6.92 Å². The molecule has 88 valence electrons. The largest absolute Gasteiger partial charge is 0.394 e. The van der Waals surface area contributed by atoms with E-state index in [1.165, 1.54) is 4.57 Å². The van der Waals surface area contributed by atoms with E-state index in [-0.39, 0.29) is 24.2 Å². The predicted octanol–water partition coefficient (Wildman–Crippen LogP) is -0.678. The van der Waals surface area contributed by atoms with Gasteiger partial charge in [-0.3, -0.25) is 4.57 Å². The summed E-state index contributed by atoms with van der Waals surface area (Å²) < 4.78 is 6.90. The van der Waals surface area contributed by atoms with E-state index in [4.69, 9.17) is 15.6 Å². The van der Waals surface area contributed by atoms with Crippen LogP contribution in [0.25, 0.3) is 0 Å². The second-order valence-electron chi connectivity index (χ2n) is 4.32. The van der Waals surface area contributed by atoms with Crippen molar-refractivity contribution in [2.45, 2.75) is 25.0 Å². The van der Waals surface area contributed by atoms with Crippen molar-refractivity contribution in [1.82, 2.24) is 9.55 Å². The second-order valence-corrected chi connectivity index (χ2v) is 4.32. The van der Waals surface area contributed by atoms with Gasteiger partial charge in [-0.15, -0.1) is 0 Å². The van der Waals surface area contributed by atoms with Gasteiger partial charge in [0.2, 0.25) is 0 Å². The van der Waals surface area contributed by atoms with Crippen LogP contribution >= 0.6 is 0 Å². The minimum absolute atomic E-state index is 0.0350. The van der Waals surface area contributed by atoms with Gasteiger partial charge in [0.25, 0.3) is 0 Å². The molecule has 3 N–H and O–H groups in total. The fraction of sp³-hybridized carbons (Fsp3) is 0.600. The van der Waals surface area contributed by atoms with Gasteiger partial charge in [0.15, 0.2) is 0 Å². The quantitative estimate of drug-likeness (QED) is 0.696. The number of nitrogens with zero attached hydrogens (tertiary/aromatic N) is 2. The summed E-state index contributed by atoms with van der Waals surface area (Å²) in [7, 11) is 0. The predicted molar refractivity (Wildman–Crippen MR) is 58.0 cm³/mol. The monoisotopic (exact) mass is 225 g/mol. The third-order valence-corrected chi connectivity index (χ3v) is 2.91. The molecule has 2 heterocycles. The van der Waals surface area contributed by atoms with Crippen molar-refractivity contribution in [2.75, 3.05) is 18.9 Å². The zero-order chi connectivity index (χ0) is 11.8. The standard InChI is InChI=1S/C10H15N3O3/c1-10(4-7(5-14)16-6-10)13-3-2-8(11)12-9(13)15/h2-3,7,14H,4-6H2,1H3,(H2,11,12,15)/t7-,10-/m0/s1. The van der Waals surface area contributed by atoms with Crippen LogP contribution in [0.1, 0.15) is 13.3 Å². The summed E-state index contributed by atoms with van der Waals surface area (Å²) in [6, 6.07) is 1.58. The lowest BCUT2D eigenvalue weighted by molar-refractivity contribution is 0.0540. The number of hydrogen-bond donors (Lipinski definition) is 2. The van der Waals surface area contributed by atoms with E-state index in [2.05, 4.69) is 4.98 Å². The van der Waals surface area contributed by atoms with Crippen LogP contribution in [0.3, 0.4) is 0 Å². The molecule has 1 aliphatic heterocycles. The molecule has 1 aromatic rings. The Kier molecular flexibility index (Phi) is 2.69. The molecule has 0 spiro atoms. The number of ether oxygens (including phenoxy) is 1. The van der Waals surface area contributed by atoms with Crippen molar-refractivity contribution in [3.63, 3.8) is 0 Å². The number of nitrogen functional groups attached to an aromatic ring is 1. The molecule has 1 aliphatic rings. The van der Waals surface area contributed by atoms with Gasteiger partial charge in [0, 0.05) is 12.6 Å². The van der Waals surface area contributed by atoms with Gasteiger partial charge in [0.1, 0.15) is 5.82 Å². The first-order valence-electron chi connectivity index (χ1n) is 5.13. The van der Waals surface area contributed by atoms with Crippen LogP contribution in [0.2, 0.25) is 0 Å². The van der Waals surface area contributed by atoms with Crippen LogP contribution in [0, 0.1) is 0 Å². The zero-order valence-corrected chi connectivity index (χ0v) is 9.09. The minimum Gasteiger partial charge on any atom is -0.394 e. The summed E-state index contributed by atoms with van der Waals surface area (Å²) in [6.45, 7) is 2.26. The first kappa shape index (κ1) is 11.1. The molecule has 0 unspecified atom stereocenters. The highest BCUT2D eigenvalue weighted by Crippen LogP contribution is 2.29. The molecular formula is C10H15N3O3.